The summed E-state index contributed by atoms with van der Waals surface area (Å²) in [5.41, 5.74) is 7.96. The van der Waals surface area contributed by atoms with Gasteiger partial charge in [-0.3, -0.25) is 0 Å². The number of nitrogens with zero attached hydrogens (tertiary/aromatic N) is 2. The van der Waals surface area contributed by atoms with Crippen LogP contribution in [0.25, 0.3) is 0 Å². The minimum absolute atomic E-state index is 0.221. The molecule has 0 spiro atoms. The zero-order valence-corrected chi connectivity index (χ0v) is 12.1. The lowest BCUT2D eigenvalue weighted by Gasteiger charge is -2.56. The van der Waals surface area contributed by atoms with Gasteiger partial charge in [-0.1, -0.05) is 0 Å². The van der Waals surface area contributed by atoms with Crippen molar-refractivity contribution in [1.82, 2.24) is 9.97 Å². The van der Waals surface area contributed by atoms with E-state index in [4.69, 9.17) is 15.5 Å². The molecular weight excluding hydrogens is 250 g/mol. The molecule has 108 valence electrons. The second-order valence-electron chi connectivity index (χ2n) is 7.12. The second kappa shape index (κ2) is 4.42. The largest absolute Gasteiger partial charge is 0.480 e. The first kappa shape index (κ1) is 12.6. The molecule has 0 saturated heterocycles. The first-order valence-electron chi connectivity index (χ1n) is 7.83. The van der Waals surface area contributed by atoms with Gasteiger partial charge in [-0.2, -0.15) is 0 Å². The average molecular weight is 273 g/mol. The Labute approximate surface area is 120 Å². The second-order valence-corrected chi connectivity index (χ2v) is 7.12. The average Bonchev–Trinajstić information content (AvgIpc) is 2.45. The van der Waals surface area contributed by atoms with Crippen LogP contribution in [0.1, 0.15) is 49.9 Å². The zero-order valence-electron chi connectivity index (χ0n) is 12.1. The first-order valence-corrected chi connectivity index (χ1v) is 7.83. The van der Waals surface area contributed by atoms with Gasteiger partial charge in [0, 0.05) is 12.0 Å². The number of nitrogens with two attached hydrogens (primary N) is 1. The monoisotopic (exact) mass is 273 g/mol. The van der Waals surface area contributed by atoms with Gasteiger partial charge in [-0.05, 0) is 56.3 Å². The van der Waals surface area contributed by atoms with Crippen LogP contribution < -0.4 is 10.5 Å². The summed E-state index contributed by atoms with van der Waals surface area (Å²) in [6.45, 7) is 0.455. The van der Waals surface area contributed by atoms with Crippen molar-refractivity contribution in [2.45, 2.75) is 50.5 Å². The van der Waals surface area contributed by atoms with Gasteiger partial charge in [0.2, 0.25) is 5.88 Å². The van der Waals surface area contributed by atoms with E-state index in [1.807, 2.05) is 0 Å². The molecule has 1 aromatic heterocycles. The van der Waals surface area contributed by atoms with Crippen molar-refractivity contribution in [3.63, 3.8) is 0 Å². The Morgan fingerprint density at radius 3 is 2.30 bits per heavy atom. The molecule has 0 aromatic carbocycles. The zero-order chi connectivity index (χ0) is 13.7. The fraction of sp³-hybridized carbons (Fsp3) is 0.750. The lowest BCUT2D eigenvalue weighted by atomic mass is 9.49. The molecule has 4 nitrogen and oxygen atoms in total. The lowest BCUT2D eigenvalue weighted by Crippen LogP contribution is -2.49. The van der Waals surface area contributed by atoms with Crippen molar-refractivity contribution >= 4 is 0 Å². The molecule has 0 radical (unpaired) electrons. The molecular formula is C16H23N3O. The van der Waals surface area contributed by atoms with Crippen LogP contribution in [-0.4, -0.2) is 17.1 Å². The lowest BCUT2D eigenvalue weighted by molar-refractivity contribution is -0.00864. The van der Waals surface area contributed by atoms with Crippen LogP contribution in [0.4, 0.5) is 0 Å². The van der Waals surface area contributed by atoms with E-state index in [0.717, 1.165) is 35.0 Å². The smallest absolute Gasteiger partial charge is 0.235 e. The summed E-state index contributed by atoms with van der Waals surface area (Å²) in [7, 11) is 1.70. The number of rotatable bonds is 3. The molecule has 1 heterocycles. The van der Waals surface area contributed by atoms with Crippen LogP contribution in [0, 0.1) is 17.8 Å². The van der Waals surface area contributed by atoms with Gasteiger partial charge < -0.3 is 10.5 Å². The fourth-order valence-electron chi connectivity index (χ4n) is 5.41. The SMILES string of the molecule is COc1ncc(CN)nc1C12CC3CC(CC(C3)C1)C2. The number of methoxy groups -OCH3 is 1. The Morgan fingerprint density at radius 1 is 1.20 bits per heavy atom. The summed E-state index contributed by atoms with van der Waals surface area (Å²) in [4.78, 5) is 9.30. The Kier molecular flexibility index (Phi) is 2.78. The number of hydrogen-bond acceptors (Lipinski definition) is 4. The Hall–Kier alpha value is -1.16. The Bertz CT molecular complexity index is 493. The molecule has 20 heavy (non-hydrogen) atoms. The maximum atomic E-state index is 5.76. The molecule has 4 aliphatic rings. The summed E-state index contributed by atoms with van der Waals surface area (Å²) >= 11 is 0. The Morgan fingerprint density at radius 2 is 1.80 bits per heavy atom. The molecule has 0 unspecified atom stereocenters. The van der Waals surface area contributed by atoms with Crippen LogP contribution in [0.2, 0.25) is 0 Å². The van der Waals surface area contributed by atoms with Gasteiger partial charge in [0.15, 0.2) is 0 Å². The van der Waals surface area contributed by atoms with Crippen molar-refractivity contribution in [2.24, 2.45) is 23.5 Å². The predicted molar refractivity (Wildman–Crippen MR) is 76.3 cm³/mol. The highest BCUT2D eigenvalue weighted by Gasteiger charge is 2.53. The fourth-order valence-corrected chi connectivity index (χ4v) is 5.41. The van der Waals surface area contributed by atoms with Crippen molar-refractivity contribution in [3.8, 4) is 5.88 Å². The van der Waals surface area contributed by atoms with Gasteiger partial charge in [0.25, 0.3) is 0 Å². The van der Waals surface area contributed by atoms with Crippen LogP contribution in [-0.2, 0) is 12.0 Å². The summed E-state index contributed by atoms with van der Waals surface area (Å²) in [5.74, 6) is 3.42. The molecule has 0 amide bonds. The highest BCUT2D eigenvalue weighted by atomic mass is 16.5. The summed E-state index contributed by atoms with van der Waals surface area (Å²) in [6, 6.07) is 0. The quantitative estimate of drug-likeness (QED) is 0.918. The molecule has 1 aromatic rings. The van der Waals surface area contributed by atoms with Gasteiger partial charge in [0.1, 0.15) is 5.69 Å². The highest BCUT2D eigenvalue weighted by molar-refractivity contribution is 5.32. The maximum absolute atomic E-state index is 5.76. The molecule has 4 saturated carbocycles. The van der Waals surface area contributed by atoms with Crippen molar-refractivity contribution in [1.29, 1.82) is 0 Å². The van der Waals surface area contributed by atoms with Crippen LogP contribution in [0.3, 0.4) is 0 Å². The standard InChI is InChI=1S/C16H23N3O/c1-20-15-14(19-13(8-17)9-18-15)16-5-10-2-11(6-16)4-12(3-10)7-16/h9-12H,2-8,17H2,1H3. The van der Waals surface area contributed by atoms with Crippen LogP contribution in [0.15, 0.2) is 6.20 Å². The van der Waals surface area contributed by atoms with E-state index < -0.39 is 0 Å². The number of ether oxygens (including phenoxy) is 1. The third-order valence-corrected chi connectivity index (χ3v) is 5.73. The number of aromatic nitrogens is 2. The third-order valence-electron chi connectivity index (χ3n) is 5.73. The molecule has 0 atom stereocenters. The molecule has 4 heteroatoms. The minimum atomic E-state index is 0.221. The van der Waals surface area contributed by atoms with E-state index in [9.17, 15) is 0 Å². The molecule has 4 aliphatic carbocycles. The van der Waals surface area contributed by atoms with Gasteiger partial charge in [0.05, 0.1) is 19.0 Å². The Balaban J connectivity index is 1.79. The summed E-state index contributed by atoms with van der Waals surface area (Å²) in [5, 5.41) is 0. The van der Waals surface area contributed by atoms with Crippen molar-refractivity contribution < 1.29 is 4.74 Å². The molecule has 0 aliphatic heterocycles. The topological polar surface area (TPSA) is 61.0 Å². The number of hydrogen-bond donors (Lipinski definition) is 1. The van der Waals surface area contributed by atoms with E-state index in [-0.39, 0.29) is 5.41 Å². The molecule has 4 bridgehead atoms. The van der Waals surface area contributed by atoms with Crippen molar-refractivity contribution in [2.75, 3.05) is 7.11 Å². The van der Waals surface area contributed by atoms with Crippen LogP contribution >= 0.6 is 0 Å². The maximum Gasteiger partial charge on any atom is 0.235 e. The van der Waals surface area contributed by atoms with E-state index in [2.05, 4.69) is 4.98 Å². The van der Waals surface area contributed by atoms with E-state index in [0.29, 0.717) is 6.54 Å². The first-order chi connectivity index (χ1) is 9.72. The highest BCUT2D eigenvalue weighted by Crippen LogP contribution is 2.61. The molecule has 4 fully saturated rings. The van der Waals surface area contributed by atoms with Gasteiger partial charge >= 0.3 is 0 Å². The van der Waals surface area contributed by atoms with E-state index >= 15 is 0 Å². The van der Waals surface area contributed by atoms with Crippen LogP contribution in [0.5, 0.6) is 5.88 Å². The minimum Gasteiger partial charge on any atom is -0.480 e. The van der Waals surface area contributed by atoms with Gasteiger partial charge in [-0.15, -0.1) is 0 Å². The van der Waals surface area contributed by atoms with Gasteiger partial charge in [-0.25, -0.2) is 9.97 Å². The summed E-state index contributed by atoms with van der Waals surface area (Å²) < 4.78 is 5.52. The van der Waals surface area contributed by atoms with Crippen molar-refractivity contribution in [3.05, 3.63) is 17.6 Å². The normalized spacial score (nSPS) is 38.2. The molecule has 2 N–H and O–H groups in total. The van der Waals surface area contributed by atoms with E-state index in [1.165, 1.54) is 38.5 Å². The third kappa shape index (κ3) is 1.77. The molecule has 5 rings (SSSR count). The predicted octanol–water partition coefficient (Wildman–Crippen LogP) is 2.41. The van der Waals surface area contributed by atoms with E-state index in [1.54, 1.807) is 13.3 Å². The summed E-state index contributed by atoms with van der Waals surface area (Å²) in [6.07, 6.45) is 9.89.